The average Bonchev–Trinajstić information content (AvgIpc) is 2.53. The Morgan fingerprint density at radius 3 is 2.08 bits per heavy atom. The zero-order valence-corrected chi connectivity index (χ0v) is 15.7. The van der Waals surface area contributed by atoms with Crippen LogP contribution in [-0.2, 0) is 16.6 Å². The SMILES string of the molecule is COc1ccc(CN(C)S(=O)(=O)c2cc(Cl)cc(Cl)c2)cc1OC. The number of nitrogens with zero attached hydrogens (tertiary/aromatic N) is 1. The Kier molecular flexibility index (Phi) is 5.98. The predicted octanol–water partition coefficient (Wildman–Crippen LogP) is 3.83. The van der Waals surface area contributed by atoms with Crippen LogP contribution < -0.4 is 9.47 Å². The second-order valence-electron chi connectivity index (χ2n) is 5.06. The molecule has 0 fully saturated rings. The molecule has 2 aromatic carbocycles. The van der Waals surface area contributed by atoms with Crippen molar-refractivity contribution >= 4 is 33.2 Å². The molecule has 0 amide bonds. The average molecular weight is 390 g/mol. The Labute approximate surface area is 151 Å². The van der Waals surface area contributed by atoms with Crippen LogP contribution in [0.5, 0.6) is 11.5 Å². The summed E-state index contributed by atoms with van der Waals surface area (Å²) < 4.78 is 37.0. The Balaban J connectivity index is 2.29. The highest BCUT2D eigenvalue weighted by Gasteiger charge is 2.22. The van der Waals surface area contributed by atoms with Crippen molar-refractivity contribution in [2.45, 2.75) is 11.4 Å². The number of benzene rings is 2. The zero-order chi connectivity index (χ0) is 17.9. The van der Waals surface area contributed by atoms with Crippen molar-refractivity contribution in [3.8, 4) is 11.5 Å². The molecule has 0 N–H and O–H groups in total. The minimum Gasteiger partial charge on any atom is -0.493 e. The largest absolute Gasteiger partial charge is 0.493 e. The lowest BCUT2D eigenvalue weighted by Crippen LogP contribution is -2.26. The topological polar surface area (TPSA) is 55.8 Å². The fourth-order valence-electron chi connectivity index (χ4n) is 2.18. The molecule has 24 heavy (non-hydrogen) atoms. The molecular weight excluding hydrogens is 373 g/mol. The Morgan fingerprint density at radius 1 is 0.958 bits per heavy atom. The Bertz CT molecular complexity index is 820. The predicted molar refractivity (Wildman–Crippen MR) is 94.7 cm³/mol. The summed E-state index contributed by atoms with van der Waals surface area (Å²) in [7, 11) is 0.824. The maximum absolute atomic E-state index is 12.7. The van der Waals surface area contributed by atoms with Crippen LogP contribution in [0.25, 0.3) is 0 Å². The van der Waals surface area contributed by atoms with E-state index in [2.05, 4.69) is 0 Å². The molecule has 2 rings (SSSR count). The van der Waals surface area contributed by atoms with Crippen molar-refractivity contribution in [1.82, 2.24) is 4.31 Å². The molecular formula is C16H17Cl2NO4S. The van der Waals surface area contributed by atoms with Crippen LogP contribution in [0.2, 0.25) is 10.0 Å². The van der Waals surface area contributed by atoms with E-state index in [0.717, 1.165) is 5.56 Å². The molecule has 2 aromatic rings. The van der Waals surface area contributed by atoms with E-state index in [1.54, 1.807) is 18.2 Å². The van der Waals surface area contributed by atoms with Gasteiger partial charge in [0.2, 0.25) is 10.0 Å². The van der Waals surface area contributed by atoms with E-state index in [4.69, 9.17) is 32.7 Å². The van der Waals surface area contributed by atoms with Gasteiger partial charge in [-0.05, 0) is 35.9 Å². The van der Waals surface area contributed by atoms with Crippen LogP contribution in [0.15, 0.2) is 41.3 Å². The third kappa shape index (κ3) is 4.13. The minimum absolute atomic E-state index is 0.0444. The lowest BCUT2D eigenvalue weighted by atomic mass is 10.2. The summed E-state index contributed by atoms with van der Waals surface area (Å²) in [5.74, 6) is 1.11. The van der Waals surface area contributed by atoms with Crippen LogP contribution in [0.4, 0.5) is 0 Å². The van der Waals surface area contributed by atoms with Gasteiger partial charge in [0.05, 0.1) is 19.1 Å². The van der Waals surface area contributed by atoms with E-state index in [0.29, 0.717) is 11.5 Å². The third-order valence-electron chi connectivity index (χ3n) is 3.40. The molecule has 130 valence electrons. The summed E-state index contributed by atoms with van der Waals surface area (Å²) in [6.07, 6.45) is 0. The van der Waals surface area contributed by atoms with Crippen LogP contribution in [0.3, 0.4) is 0 Å². The summed E-state index contributed by atoms with van der Waals surface area (Å²) in [4.78, 5) is 0.0444. The molecule has 0 saturated carbocycles. The number of methoxy groups -OCH3 is 2. The Hall–Kier alpha value is -1.47. The number of ether oxygens (including phenoxy) is 2. The molecule has 0 aliphatic heterocycles. The van der Waals surface area contributed by atoms with Gasteiger partial charge in [-0.25, -0.2) is 8.42 Å². The van der Waals surface area contributed by atoms with Crippen molar-refractivity contribution in [3.05, 3.63) is 52.0 Å². The van der Waals surface area contributed by atoms with E-state index < -0.39 is 10.0 Å². The summed E-state index contributed by atoms with van der Waals surface area (Å²) in [5.41, 5.74) is 0.756. The van der Waals surface area contributed by atoms with Crippen molar-refractivity contribution in [2.75, 3.05) is 21.3 Å². The molecule has 5 nitrogen and oxygen atoms in total. The van der Waals surface area contributed by atoms with Gasteiger partial charge in [-0.1, -0.05) is 29.3 Å². The van der Waals surface area contributed by atoms with E-state index in [1.807, 2.05) is 0 Å². The van der Waals surface area contributed by atoms with Crippen LogP contribution in [0, 0.1) is 0 Å². The number of hydrogen-bond acceptors (Lipinski definition) is 4. The normalized spacial score (nSPS) is 11.6. The molecule has 8 heteroatoms. The first kappa shape index (κ1) is 18.9. The molecule has 0 aliphatic rings. The summed E-state index contributed by atoms with van der Waals surface area (Å²) in [6.45, 7) is 0.160. The second kappa shape index (κ2) is 7.61. The molecule has 0 spiro atoms. The lowest BCUT2D eigenvalue weighted by Gasteiger charge is -2.18. The fourth-order valence-corrected chi connectivity index (χ4v) is 4.06. The Morgan fingerprint density at radius 2 is 1.54 bits per heavy atom. The van der Waals surface area contributed by atoms with Crippen molar-refractivity contribution in [3.63, 3.8) is 0 Å². The van der Waals surface area contributed by atoms with E-state index in [-0.39, 0.29) is 21.5 Å². The van der Waals surface area contributed by atoms with Crippen LogP contribution in [-0.4, -0.2) is 34.0 Å². The van der Waals surface area contributed by atoms with Gasteiger partial charge >= 0.3 is 0 Å². The first-order chi connectivity index (χ1) is 11.3. The summed E-state index contributed by atoms with van der Waals surface area (Å²) in [6, 6.07) is 9.46. The number of hydrogen-bond donors (Lipinski definition) is 0. The second-order valence-corrected chi connectivity index (χ2v) is 7.97. The van der Waals surface area contributed by atoms with Gasteiger partial charge in [0.15, 0.2) is 11.5 Å². The number of halogens is 2. The van der Waals surface area contributed by atoms with Gasteiger partial charge in [0.25, 0.3) is 0 Å². The minimum atomic E-state index is -3.73. The first-order valence-corrected chi connectivity index (χ1v) is 9.11. The first-order valence-electron chi connectivity index (χ1n) is 6.91. The smallest absolute Gasteiger partial charge is 0.243 e. The zero-order valence-electron chi connectivity index (χ0n) is 13.4. The van der Waals surface area contributed by atoms with E-state index >= 15 is 0 Å². The van der Waals surface area contributed by atoms with Gasteiger partial charge in [0, 0.05) is 23.6 Å². The maximum atomic E-state index is 12.7. The van der Waals surface area contributed by atoms with Crippen LogP contribution >= 0.6 is 23.2 Å². The molecule has 0 aromatic heterocycles. The van der Waals surface area contributed by atoms with Gasteiger partial charge in [0.1, 0.15) is 0 Å². The molecule has 0 bridgehead atoms. The van der Waals surface area contributed by atoms with Crippen molar-refractivity contribution in [1.29, 1.82) is 0 Å². The summed E-state index contributed by atoms with van der Waals surface area (Å²) >= 11 is 11.8. The van der Waals surface area contributed by atoms with Gasteiger partial charge < -0.3 is 9.47 Å². The fraction of sp³-hybridized carbons (Fsp3) is 0.250. The highest BCUT2D eigenvalue weighted by atomic mass is 35.5. The molecule has 0 unspecified atom stereocenters. The monoisotopic (exact) mass is 389 g/mol. The van der Waals surface area contributed by atoms with Crippen molar-refractivity contribution < 1.29 is 17.9 Å². The summed E-state index contributed by atoms with van der Waals surface area (Å²) in [5, 5.41) is 0.529. The molecule has 0 saturated heterocycles. The molecule has 0 atom stereocenters. The highest BCUT2D eigenvalue weighted by Crippen LogP contribution is 2.29. The number of sulfonamides is 1. The van der Waals surface area contributed by atoms with E-state index in [9.17, 15) is 8.42 Å². The third-order valence-corrected chi connectivity index (χ3v) is 5.62. The highest BCUT2D eigenvalue weighted by molar-refractivity contribution is 7.89. The molecule has 0 heterocycles. The lowest BCUT2D eigenvalue weighted by molar-refractivity contribution is 0.354. The van der Waals surface area contributed by atoms with Gasteiger partial charge in [-0.3, -0.25) is 0 Å². The van der Waals surface area contributed by atoms with Gasteiger partial charge in [-0.15, -0.1) is 0 Å². The maximum Gasteiger partial charge on any atom is 0.243 e. The quantitative estimate of drug-likeness (QED) is 0.752. The number of rotatable bonds is 6. The van der Waals surface area contributed by atoms with Crippen molar-refractivity contribution in [2.24, 2.45) is 0 Å². The molecule has 0 aliphatic carbocycles. The standard InChI is InChI=1S/C16H17Cl2NO4S/c1-19(10-11-4-5-15(22-2)16(6-11)23-3)24(20,21)14-8-12(17)7-13(18)9-14/h4-9H,10H2,1-3H3. The molecule has 0 radical (unpaired) electrons. The van der Waals surface area contributed by atoms with Crippen LogP contribution in [0.1, 0.15) is 5.56 Å². The van der Waals surface area contributed by atoms with E-state index in [1.165, 1.54) is 43.8 Å². The van der Waals surface area contributed by atoms with Gasteiger partial charge in [-0.2, -0.15) is 4.31 Å².